The molecule has 178 valence electrons. The third-order valence-corrected chi connectivity index (χ3v) is 7.28. The number of piperidine rings is 2. The van der Waals surface area contributed by atoms with Crippen molar-refractivity contribution >= 4 is 28.0 Å². The first-order valence-electron chi connectivity index (χ1n) is 12.6. The highest BCUT2D eigenvalue weighted by atomic mass is 16.7. The summed E-state index contributed by atoms with van der Waals surface area (Å²) in [6.45, 7) is 5.12. The van der Waals surface area contributed by atoms with Gasteiger partial charge in [-0.3, -0.25) is 4.79 Å². The van der Waals surface area contributed by atoms with Crippen molar-refractivity contribution in [2.75, 3.05) is 48.1 Å². The monoisotopic (exact) mass is 460 g/mol. The Bertz CT molecular complexity index is 1240. The van der Waals surface area contributed by atoms with Crippen molar-refractivity contribution in [2.24, 2.45) is 0 Å². The molecule has 0 amide bonds. The predicted molar refractivity (Wildman–Crippen MR) is 137 cm³/mol. The van der Waals surface area contributed by atoms with E-state index in [1.54, 1.807) is 0 Å². The van der Waals surface area contributed by atoms with Gasteiger partial charge in [-0.05, 0) is 68.9 Å². The molecule has 0 bridgehead atoms. The average Bonchev–Trinajstić information content (AvgIpc) is 3.34. The Labute approximate surface area is 199 Å². The number of aromatic amines is 1. The fraction of sp³-hybridized carbons (Fsp3) is 0.444. The number of fused-ring (bicyclic) bond motifs is 2. The van der Waals surface area contributed by atoms with Gasteiger partial charge in [0.05, 0.1) is 16.9 Å². The molecule has 3 aliphatic heterocycles. The van der Waals surface area contributed by atoms with E-state index < -0.39 is 0 Å². The molecule has 1 aromatic heterocycles. The van der Waals surface area contributed by atoms with Crippen LogP contribution in [0.2, 0.25) is 0 Å². The van der Waals surface area contributed by atoms with E-state index in [2.05, 4.69) is 38.3 Å². The normalized spacial score (nSPS) is 17.9. The first-order valence-corrected chi connectivity index (χ1v) is 12.6. The summed E-state index contributed by atoms with van der Waals surface area (Å²) >= 11 is 0. The maximum Gasteiger partial charge on any atom is 0.253 e. The van der Waals surface area contributed by atoms with Crippen LogP contribution in [0.1, 0.15) is 44.1 Å². The molecule has 34 heavy (non-hydrogen) atoms. The minimum Gasteiger partial charge on any atom is -0.454 e. The summed E-state index contributed by atoms with van der Waals surface area (Å²) in [6, 6.07) is 12.5. The lowest BCUT2D eigenvalue weighted by Gasteiger charge is -2.34. The Hall–Kier alpha value is -3.35. The van der Waals surface area contributed by atoms with E-state index in [1.807, 2.05) is 18.2 Å². The van der Waals surface area contributed by atoms with Gasteiger partial charge in [-0.1, -0.05) is 0 Å². The zero-order chi connectivity index (χ0) is 22.9. The molecule has 3 aliphatic rings. The molecule has 2 aromatic carbocycles. The van der Waals surface area contributed by atoms with Crippen LogP contribution in [0, 0.1) is 0 Å². The lowest BCUT2D eigenvalue weighted by atomic mass is 10.1. The molecular formula is C27H32N4O3. The highest BCUT2D eigenvalue weighted by Crippen LogP contribution is 2.36. The van der Waals surface area contributed by atoms with Gasteiger partial charge in [-0.2, -0.15) is 0 Å². The number of H-pyrrole nitrogens is 1. The average molecular weight is 461 g/mol. The standard InChI is InChI=1S/C27H32N4O3/c32-27-20(13-19-14-25-26(34-18-33-25)16-23(19)29-27)17-28-22-8-7-21(30-9-3-1-4-10-30)15-24(22)31-11-5-2-6-12-31/h7-8,13-16,28H,1-6,9-12,17-18H2,(H,29,32). The fourth-order valence-electron chi connectivity index (χ4n) is 5.38. The van der Waals surface area contributed by atoms with Gasteiger partial charge >= 0.3 is 0 Å². The number of aromatic nitrogens is 1. The van der Waals surface area contributed by atoms with Crippen LogP contribution in [0.3, 0.4) is 0 Å². The molecule has 4 heterocycles. The van der Waals surface area contributed by atoms with Crippen LogP contribution in [0.25, 0.3) is 10.9 Å². The van der Waals surface area contributed by atoms with Gasteiger partial charge in [-0.25, -0.2) is 0 Å². The van der Waals surface area contributed by atoms with Gasteiger partial charge in [0.15, 0.2) is 11.5 Å². The number of anilines is 3. The number of hydrogen-bond acceptors (Lipinski definition) is 6. The first-order chi connectivity index (χ1) is 16.7. The SMILES string of the molecule is O=c1[nH]c2cc3c(cc2cc1CNc1ccc(N2CCCCC2)cc1N1CCCCC1)OCO3. The third-order valence-electron chi connectivity index (χ3n) is 7.28. The molecule has 3 aromatic rings. The van der Waals surface area contributed by atoms with E-state index in [0.717, 1.165) is 48.5 Å². The van der Waals surface area contributed by atoms with Crippen LogP contribution < -0.4 is 30.1 Å². The fourth-order valence-corrected chi connectivity index (χ4v) is 5.38. The molecule has 0 radical (unpaired) electrons. The predicted octanol–water partition coefficient (Wildman–Crippen LogP) is 4.85. The molecule has 0 spiro atoms. The quantitative estimate of drug-likeness (QED) is 0.567. The number of nitrogens with one attached hydrogen (secondary N) is 2. The molecule has 0 atom stereocenters. The zero-order valence-corrected chi connectivity index (χ0v) is 19.6. The maximum absolute atomic E-state index is 12.8. The summed E-state index contributed by atoms with van der Waals surface area (Å²) in [4.78, 5) is 20.8. The van der Waals surface area contributed by atoms with Gasteiger partial charge in [0, 0.05) is 55.4 Å². The minimum atomic E-state index is -0.0803. The highest BCUT2D eigenvalue weighted by Gasteiger charge is 2.19. The Kier molecular flexibility index (Phi) is 5.69. The van der Waals surface area contributed by atoms with Crippen molar-refractivity contribution in [2.45, 2.75) is 45.1 Å². The summed E-state index contributed by atoms with van der Waals surface area (Å²) in [5, 5.41) is 4.52. The molecule has 2 fully saturated rings. The topological polar surface area (TPSA) is 69.8 Å². The second-order valence-corrected chi connectivity index (χ2v) is 9.57. The van der Waals surface area contributed by atoms with Crippen LogP contribution in [0.15, 0.2) is 41.2 Å². The van der Waals surface area contributed by atoms with Gasteiger partial charge in [-0.15, -0.1) is 0 Å². The van der Waals surface area contributed by atoms with Gasteiger partial charge in [0.2, 0.25) is 6.79 Å². The summed E-state index contributed by atoms with van der Waals surface area (Å²) in [6.07, 6.45) is 7.63. The molecule has 0 unspecified atom stereocenters. The number of pyridine rings is 1. The highest BCUT2D eigenvalue weighted by molar-refractivity contribution is 5.83. The van der Waals surface area contributed by atoms with Gasteiger partial charge < -0.3 is 29.6 Å². The van der Waals surface area contributed by atoms with Gasteiger partial charge in [0.25, 0.3) is 5.56 Å². The van der Waals surface area contributed by atoms with Crippen molar-refractivity contribution in [1.82, 2.24) is 4.98 Å². The van der Waals surface area contributed by atoms with E-state index in [4.69, 9.17) is 9.47 Å². The minimum absolute atomic E-state index is 0.0803. The van der Waals surface area contributed by atoms with Crippen LogP contribution in [0.4, 0.5) is 17.1 Å². The van der Waals surface area contributed by atoms with Crippen LogP contribution in [0.5, 0.6) is 11.5 Å². The Morgan fingerprint density at radius 2 is 1.53 bits per heavy atom. The molecule has 0 aliphatic carbocycles. The van der Waals surface area contributed by atoms with Crippen molar-refractivity contribution in [1.29, 1.82) is 0 Å². The lowest BCUT2D eigenvalue weighted by Crippen LogP contribution is -2.32. The van der Waals surface area contributed by atoms with Crippen molar-refractivity contribution in [3.63, 3.8) is 0 Å². The van der Waals surface area contributed by atoms with Crippen LogP contribution in [-0.4, -0.2) is 38.0 Å². The van der Waals surface area contributed by atoms with E-state index in [0.29, 0.717) is 17.9 Å². The number of benzene rings is 2. The summed E-state index contributed by atoms with van der Waals surface area (Å²) in [5.41, 5.74) is 5.04. The molecular weight excluding hydrogens is 428 g/mol. The number of nitrogens with zero attached hydrogens (tertiary/aromatic N) is 2. The number of hydrogen-bond donors (Lipinski definition) is 2. The van der Waals surface area contributed by atoms with E-state index in [1.165, 1.54) is 49.9 Å². The van der Waals surface area contributed by atoms with Crippen LogP contribution >= 0.6 is 0 Å². The van der Waals surface area contributed by atoms with E-state index >= 15 is 0 Å². The second kappa shape index (κ2) is 9.12. The van der Waals surface area contributed by atoms with Crippen molar-refractivity contribution < 1.29 is 9.47 Å². The second-order valence-electron chi connectivity index (χ2n) is 9.57. The summed E-state index contributed by atoms with van der Waals surface area (Å²) in [7, 11) is 0. The number of ether oxygens (including phenoxy) is 2. The Balaban J connectivity index is 1.28. The van der Waals surface area contributed by atoms with E-state index in [9.17, 15) is 4.79 Å². The first kappa shape index (κ1) is 21.2. The van der Waals surface area contributed by atoms with Crippen LogP contribution in [-0.2, 0) is 6.54 Å². The molecule has 7 nitrogen and oxygen atoms in total. The van der Waals surface area contributed by atoms with Crippen molar-refractivity contribution in [3.05, 3.63) is 52.3 Å². The van der Waals surface area contributed by atoms with Gasteiger partial charge in [0.1, 0.15) is 0 Å². The molecule has 7 heteroatoms. The Morgan fingerprint density at radius 1 is 0.824 bits per heavy atom. The smallest absolute Gasteiger partial charge is 0.253 e. The molecule has 2 saturated heterocycles. The van der Waals surface area contributed by atoms with E-state index in [-0.39, 0.29) is 12.4 Å². The van der Waals surface area contributed by atoms with Crippen molar-refractivity contribution in [3.8, 4) is 11.5 Å². The molecule has 0 saturated carbocycles. The largest absolute Gasteiger partial charge is 0.454 e. The third kappa shape index (κ3) is 4.15. The number of rotatable bonds is 5. The summed E-state index contributed by atoms with van der Waals surface area (Å²) in [5.74, 6) is 1.40. The molecule has 6 rings (SSSR count). The Morgan fingerprint density at radius 3 is 2.29 bits per heavy atom. The zero-order valence-electron chi connectivity index (χ0n) is 19.6. The maximum atomic E-state index is 12.8. The lowest BCUT2D eigenvalue weighted by molar-refractivity contribution is 0.174. The summed E-state index contributed by atoms with van der Waals surface area (Å²) < 4.78 is 11.0. The molecule has 2 N–H and O–H groups in total.